The average Bonchev–Trinajstić information content (AvgIpc) is 2.69. The molecule has 0 spiro atoms. The minimum absolute atomic E-state index is 0.235. The van der Waals surface area contributed by atoms with E-state index >= 15 is 0 Å². The zero-order valence-electron chi connectivity index (χ0n) is 15.3. The zero-order valence-corrected chi connectivity index (χ0v) is 15.3. The van der Waals surface area contributed by atoms with Gasteiger partial charge in [-0.15, -0.1) is 0 Å². The molecule has 2 amide bonds. The second-order valence-electron chi connectivity index (χ2n) is 6.61. The molecule has 27 heavy (non-hydrogen) atoms. The maximum Gasteiger partial charge on any atom is 0.251 e. The van der Waals surface area contributed by atoms with Crippen LogP contribution in [0.15, 0.2) is 60.7 Å². The van der Waals surface area contributed by atoms with Crippen molar-refractivity contribution in [2.24, 2.45) is 0 Å². The summed E-state index contributed by atoms with van der Waals surface area (Å²) in [5, 5.41) is 25.8. The van der Waals surface area contributed by atoms with Crippen LogP contribution >= 0.6 is 0 Å². The predicted octanol–water partition coefficient (Wildman–Crippen LogP) is 1.16. The Bertz CT molecular complexity index is 678. The van der Waals surface area contributed by atoms with Crippen LogP contribution in [-0.4, -0.2) is 35.7 Å². The molecule has 0 aliphatic heterocycles. The van der Waals surface area contributed by atoms with Crippen molar-refractivity contribution in [3.05, 3.63) is 77.0 Å². The fourth-order valence-corrected chi connectivity index (χ4v) is 2.63. The van der Waals surface area contributed by atoms with E-state index in [1.807, 2.05) is 12.1 Å². The second-order valence-corrected chi connectivity index (χ2v) is 6.61. The molecular weight excluding hydrogens is 346 g/mol. The minimum Gasteiger partial charge on any atom is -0.600 e. The standard InChI is InChI=1S/C20H25N3O4/c1-20(23(26)27,12-14-21-18(24)16-8-4-2-5-9-16)13-15-22-19(25)17-10-6-3-7-11-17/h2-11,23,26H,12-15H2,1H3,(H,21,24)(H,22,25). The van der Waals surface area contributed by atoms with Crippen molar-refractivity contribution in [3.8, 4) is 0 Å². The topological polar surface area (TPSA) is 106 Å². The molecule has 2 aromatic carbocycles. The fourth-order valence-electron chi connectivity index (χ4n) is 2.63. The Morgan fingerprint density at radius 1 is 0.889 bits per heavy atom. The molecule has 0 bridgehead atoms. The van der Waals surface area contributed by atoms with Crippen LogP contribution in [0.5, 0.6) is 0 Å². The highest BCUT2D eigenvalue weighted by atomic mass is 16.8. The molecule has 0 aliphatic rings. The summed E-state index contributed by atoms with van der Waals surface area (Å²) in [4.78, 5) is 24.1. The zero-order chi connectivity index (χ0) is 19.7. The van der Waals surface area contributed by atoms with Gasteiger partial charge in [-0.3, -0.25) is 9.59 Å². The number of quaternary nitrogens is 1. The van der Waals surface area contributed by atoms with Gasteiger partial charge < -0.3 is 15.8 Å². The van der Waals surface area contributed by atoms with Crippen molar-refractivity contribution >= 4 is 11.8 Å². The monoisotopic (exact) mass is 371 g/mol. The second kappa shape index (κ2) is 9.82. The van der Waals surface area contributed by atoms with Crippen LogP contribution in [0, 0.1) is 5.21 Å². The van der Waals surface area contributed by atoms with Crippen LogP contribution in [-0.2, 0) is 0 Å². The van der Waals surface area contributed by atoms with E-state index in [4.69, 9.17) is 0 Å². The van der Waals surface area contributed by atoms with E-state index in [0.29, 0.717) is 11.1 Å². The summed E-state index contributed by atoms with van der Waals surface area (Å²) in [6, 6.07) is 17.5. The molecule has 7 heteroatoms. The van der Waals surface area contributed by atoms with E-state index in [9.17, 15) is 20.0 Å². The van der Waals surface area contributed by atoms with Gasteiger partial charge in [-0.25, -0.2) is 10.4 Å². The fraction of sp³-hybridized carbons (Fsp3) is 0.300. The van der Waals surface area contributed by atoms with Crippen molar-refractivity contribution in [3.63, 3.8) is 0 Å². The summed E-state index contributed by atoms with van der Waals surface area (Å²) in [5.41, 5.74) is 0.0165. The van der Waals surface area contributed by atoms with Crippen LogP contribution in [0.3, 0.4) is 0 Å². The molecule has 0 saturated carbocycles. The van der Waals surface area contributed by atoms with Gasteiger partial charge in [0.05, 0.1) is 0 Å². The summed E-state index contributed by atoms with van der Waals surface area (Å²) < 4.78 is 0. The van der Waals surface area contributed by atoms with E-state index in [-0.39, 0.29) is 37.7 Å². The van der Waals surface area contributed by atoms with Crippen LogP contribution in [0.4, 0.5) is 0 Å². The lowest BCUT2D eigenvalue weighted by molar-refractivity contribution is -1.09. The van der Waals surface area contributed by atoms with Gasteiger partial charge in [0.2, 0.25) is 0 Å². The predicted molar refractivity (Wildman–Crippen MR) is 101 cm³/mol. The normalized spacial score (nSPS) is 12.3. The van der Waals surface area contributed by atoms with E-state index in [2.05, 4.69) is 10.6 Å². The van der Waals surface area contributed by atoms with Gasteiger partial charge >= 0.3 is 0 Å². The molecule has 0 saturated heterocycles. The van der Waals surface area contributed by atoms with Crippen molar-refractivity contribution in [2.75, 3.05) is 13.1 Å². The van der Waals surface area contributed by atoms with Gasteiger partial charge in [-0.1, -0.05) is 36.4 Å². The number of benzene rings is 2. The Balaban J connectivity index is 1.81. The Morgan fingerprint density at radius 3 is 1.59 bits per heavy atom. The van der Waals surface area contributed by atoms with E-state index < -0.39 is 10.8 Å². The number of rotatable bonds is 9. The largest absolute Gasteiger partial charge is 0.600 e. The molecule has 0 fully saturated rings. The minimum atomic E-state index is -1.05. The maximum atomic E-state index is 12.0. The Labute approximate surface area is 158 Å². The Hall–Kier alpha value is -2.74. The van der Waals surface area contributed by atoms with Crippen molar-refractivity contribution in [1.82, 2.24) is 10.6 Å². The summed E-state index contributed by atoms with van der Waals surface area (Å²) in [7, 11) is 0. The highest BCUT2D eigenvalue weighted by Gasteiger charge is 2.31. The van der Waals surface area contributed by atoms with E-state index in [1.54, 1.807) is 55.5 Å². The quantitative estimate of drug-likeness (QED) is 0.496. The highest BCUT2D eigenvalue weighted by molar-refractivity contribution is 5.94. The van der Waals surface area contributed by atoms with Crippen molar-refractivity contribution in [2.45, 2.75) is 25.3 Å². The van der Waals surface area contributed by atoms with E-state index in [0.717, 1.165) is 0 Å². The lowest BCUT2D eigenvalue weighted by atomic mass is 9.94. The smallest absolute Gasteiger partial charge is 0.251 e. The Kier molecular flexibility index (Phi) is 7.48. The molecule has 0 heterocycles. The summed E-state index contributed by atoms with van der Waals surface area (Å²) >= 11 is 0. The summed E-state index contributed by atoms with van der Waals surface area (Å²) in [6.45, 7) is 2.10. The maximum absolute atomic E-state index is 12.0. The molecule has 1 unspecified atom stereocenters. The third-order valence-corrected chi connectivity index (χ3v) is 4.51. The number of carbonyl (C=O) groups is 2. The number of hydrogen-bond acceptors (Lipinski definition) is 4. The van der Waals surface area contributed by atoms with Gasteiger partial charge in [0.15, 0.2) is 0 Å². The molecule has 4 N–H and O–H groups in total. The molecule has 0 aromatic heterocycles. The van der Waals surface area contributed by atoms with Crippen LogP contribution < -0.4 is 15.9 Å². The lowest BCUT2D eigenvalue weighted by Crippen LogP contribution is -3.13. The third-order valence-electron chi connectivity index (χ3n) is 4.51. The van der Waals surface area contributed by atoms with Gasteiger partial charge in [-0.05, 0) is 31.2 Å². The molecule has 0 radical (unpaired) electrons. The number of carbonyl (C=O) groups excluding carboxylic acids is 2. The number of amides is 2. The Morgan fingerprint density at radius 2 is 1.26 bits per heavy atom. The van der Waals surface area contributed by atoms with Crippen molar-refractivity contribution in [1.29, 1.82) is 0 Å². The van der Waals surface area contributed by atoms with Gasteiger partial charge in [0, 0.05) is 37.1 Å². The summed E-state index contributed by atoms with van der Waals surface area (Å²) in [5.74, 6) is -0.471. The van der Waals surface area contributed by atoms with Gasteiger partial charge in [0.1, 0.15) is 5.54 Å². The van der Waals surface area contributed by atoms with E-state index in [1.165, 1.54) is 0 Å². The molecule has 2 aromatic rings. The first-order valence-electron chi connectivity index (χ1n) is 8.82. The van der Waals surface area contributed by atoms with Crippen LogP contribution in [0.1, 0.15) is 40.5 Å². The number of hydroxylamine groups is 2. The number of nitrogens with one attached hydrogen (secondary N) is 3. The average molecular weight is 371 g/mol. The van der Waals surface area contributed by atoms with Gasteiger partial charge in [0.25, 0.3) is 11.8 Å². The molecule has 2 rings (SSSR count). The molecule has 144 valence electrons. The van der Waals surface area contributed by atoms with Crippen molar-refractivity contribution < 1.29 is 20.0 Å². The molecule has 1 atom stereocenters. The first-order valence-corrected chi connectivity index (χ1v) is 8.82. The molecule has 0 aliphatic carbocycles. The van der Waals surface area contributed by atoms with Crippen LogP contribution in [0.25, 0.3) is 0 Å². The SMILES string of the molecule is CC(CCNC(=O)c1ccccc1)(CCNC(=O)c1ccccc1)[NH+]([O-])O. The molecular formula is C20H25N3O4. The third kappa shape index (κ3) is 6.18. The lowest BCUT2D eigenvalue weighted by Gasteiger charge is -2.35. The summed E-state index contributed by atoms with van der Waals surface area (Å²) in [6.07, 6.45) is 0.532. The first-order chi connectivity index (χ1) is 12.9. The number of hydrogen-bond donors (Lipinski definition) is 4. The molecule has 7 nitrogen and oxygen atoms in total. The first kappa shape index (κ1) is 20.6. The van der Waals surface area contributed by atoms with Crippen LogP contribution in [0.2, 0.25) is 0 Å². The van der Waals surface area contributed by atoms with Gasteiger partial charge in [-0.2, -0.15) is 0 Å². The highest BCUT2D eigenvalue weighted by Crippen LogP contribution is 2.10.